The molecule has 0 saturated heterocycles. The molecule has 0 bridgehead atoms. The fourth-order valence-electron chi connectivity index (χ4n) is 2.37. The van der Waals surface area contributed by atoms with Crippen LogP contribution >= 0.6 is 0 Å². The lowest BCUT2D eigenvalue weighted by molar-refractivity contribution is 0.165. The van der Waals surface area contributed by atoms with Gasteiger partial charge in [0.25, 0.3) is 0 Å². The van der Waals surface area contributed by atoms with E-state index in [1.54, 1.807) is 0 Å². The minimum absolute atomic E-state index is 0.0822. The smallest absolute Gasteiger partial charge is 0.122 e. The van der Waals surface area contributed by atoms with E-state index in [2.05, 4.69) is 44.0 Å². The van der Waals surface area contributed by atoms with E-state index in [1.807, 2.05) is 0 Å². The third-order valence-electron chi connectivity index (χ3n) is 3.43. The van der Waals surface area contributed by atoms with Crippen LogP contribution in [0.3, 0.4) is 0 Å². The molecule has 1 N–H and O–H groups in total. The van der Waals surface area contributed by atoms with Crippen LogP contribution in [0.5, 0.6) is 5.75 Å². The summed E-state index contributed by atoms with van der Waals surface area (Å²) in [5.74, 6) is 1.03. The molecule has 0 saturated carbocycles. The van der Waals surface area contributed by atoms with Crippen molar-refractivity contribution in [2.45, 2.75) is 26.7 Å². The fourth-order valence-corrected chi connectivity index (χ4v) is 2.37. The maximum absolute atomic E-state index is 9.34. The number of aryl methyl sites for hydroxylation is 1. The van der Waals surface area contributed by atoms with Crippen LogP contribution in [0.4, 0.5) is 5.69 Å². The van der Waals surface area contributed by atoms with Gasteiger partial charge in [0.05, 0.1) is 6.61 Å². The first-order valence-corrected chi connectivity index (χ1v) is 6.59. The third-order valence-corrected chi connectivity index (χ3v) is 3.43. The molecule has 2 rings (SSSR count). The van der Waals surface area contributed by atoms with Crippen LogP contribution in [0.1, 0.15) is 25.8 Å². The Kier molecular flexibility index (Phi) is 3.81. The number of ether oxygens (including phenoxy) is 1. The highest BCUT2D eigenvalue weighted by molar-refractivity contribution is 5.53. The number of anilines is 1. The molecule has 0 atom stereocenters. The lowest BCUT2D eigenvalue weighted by Gasteiger charge is -2.30. The maximum Gasteiger partial charge on any atom is 0.122 e. The second kappa shape index (κ2) is 5.19. The molecule has 0 unspecified atom stereocenters. The van der Waals surface area contributed by atoms with Crippen LogP contribution < -0.4 is 9.64 Å². The van der Waals surface area contributed by atoms with E-state index in [0.29, 0.717) is 0 Å². The van der Waals surface area contributed by atoms with Gasteiger partial charge in [0.2, 0.25) is 0 Å². The SMILES string of the molecule is CN(CC(C)(C)CO)c1ccc2c(c1)CCCO2. The standard InChI is InChI=1S/C15H23NO2/c1-15(2,11-17)10-16(3)13-6-7-14-12(9-13)5-4-8-18-14/h6-7,9,17H,4-5,8,10-11H2,1-3H3. The van der Waals surface area contributed by atoms with Crippen molar-refractivity contribution >= 4 is 5.69 Å². The van der Waals surface area contributed by atoms with E-state index < -0.39 is 0 Å². The van der Waals surface area contributed by atoms with E-state index in [4.69, 9.17) is 4.74 Å². The Morgan fingerprint density at radius 2 is 2.17 bits per heavy atom. The van der Waals surface area contributed by atoms with Gasteiger partial charge in [0, 0.05) is 31.3 Å². The number of benzene rings is 1. The molecular weight excluding hydrogens is 226 g/mol. The molecule has 0 radical (unpaired) electrons. The van der Waals surface area contributed by atoms with Gasteiger partial charge in [0.1, 0.15) is 5.75 Å². The molecule has 1 aliphatic rings. The number of aliphatic hydroxyl groups is 1. The zero-order valence-electron chi connectivity index (χ0n) is 11.6. The van der Waals surface area contributed by atoms with Crippen molar-refractivity contribution in [1.82, 2.24) is 0 Å². The Balaban J connectivity index is 2.13. The maximum atomic E-state index is 9.34. The van der Waals surface area contributed by atoms with Crippen LogP contribution in [-0.2, 0) is 6.42 Å². The molecule has 1 heterocycles. The van der Waals surface area contributed by atoms with Crippen molar-refractivity contribution in [1.29, 1.82) is 0 Å². The molecule has 3 nitrogen and oxygen atoms in total. The van der Waals surface area contributed by atoms with E-state index in [0.717, 1.165) is 31.7 Å². The molecule has 0 aliphatic carbocycles. The number of fused-ring (bicyclic) bond motifs is 1. The molecule has 0 spiro atoms. The average molecular weight is 249 g/mol. The Morgan fingerprint density at radius 1 is 1.39 bits per heavy atom. The van der Waals surface area contributed by atoms with Crippen molar-refractivity contribution in [3.8, 4) is 5.75 Å². The van der Waals surface area contributed by atoms with Gasteiger partial charge in [-0.25, -0.2) is 0 Å². The minimum Gasteiger partial charge on any atom is -0.493 e. The molecule has 18 heavy (non-hydrogen) atoms. The molecule has 0 aromatic heterocycles. The van der Waals surface area contributed by atoms with Crippen molar-refractivity contribution in [2.75, 3.05) is 31.7 Å². The molecule has 0 fully saturated rings. The third kappa shape index (κ3) is 2.96. The van der Waals surface area contributed by atoms with Gasteiger partial charge < -0.3 is 14.7 Å². The summed E-state index contributed by atoms with van der Waals surface area (Å²) in [7, 11) is 2.07. The summed E-state index contributed by atoms with van der Waals surface area (Å²) in [5, 5.41) is 9.34. The quantitative estimate of drug-likeness (QED) is 0.889. The van der Waals surface area contributed by atoms with E-state index >= 15 is 0 Å². The van der Waals surface area contributed by atoms with Gasteiger partial charge in [-0.2, -0.15) is 0 Å². The van der Waals surface area contributed by atoms with Gasteiger partial charge >= 0.3 is 0 Å². The van der Waals surface area contributed by atoms with Crippen LogP contribution in [0.2, 0.25) is 0 Å². The zero-order valence-corrected chi connectivity index (χ0v) is 11.6. The fraction of sp³-hybridized carbons (Fsp3) is 0.600. The monoisotopic (exact) mass is 249 g/mol. The molecule has 0 amide bonds. The highest BCUT2D eigenvalue weighted by Gasteiger charge is 2.20. The predicted molar refractivity (Wildman–Crippen MR) is 74.4 cm³/mol. The summed E-state index contributed by atoms with van der Waals surface area (Å²) in [4.78, 5) is 2.20. The molecular formula is C15H23NO2. The summed E-state index contributed by atoms with van der Waals surface area (Å²) >= 11 is 0. The molecule has 1 aliphatic heterocycles. The Bertz CT molecular complexity index is 415. The largest absolute Gasteiger partial charge is 0.493 e. The molecule has 3 heteroatoms. The Labute approximate surface area is 109 Å². The Hall–Kier alpha value is -1.22. The number of nitrogens with zero attached hydrogens (tertiary/aromatic N) is 1. The van der Waals surface area contributed by atoms with Crippen LogP contribution in [-0.4, -0.2) is 31.9 Å². The van der Waals surface area contributed by atoms with Crippen LogP contribution in [0, 0.1) is 5.41 Å². The number of rotatable bonds is 4. The van der Waals surface area contributed by atoms with Gasteiger partial charge in [-0.05, 0) is 36.6 Å². The normalized spacial score (nSPS) is 14.9. The van der Waals surface area contributed by atoms with Crippen molar-refractivity contribution in [2.24, 2.45) is 5.41 Å². The zero-order chi connectivity index (χ0) is 13.2. The van der Waals surface area contributed by atoms with Crippen molar-refractivity contribution in [3.05, 3.63) is 23.8 Å². The van der Waals surface area contributed by atoms with E-state index in [1.165, 1.54) is 11.3 Å². The average Bonchev–Trinajstić information content (AvgIpc) is 2.37. The van der Waals surface area contributed by atoms with E-state index in [-0.39, 0.29) is 12.0 Å². The topological polar surface area (TPSA) is 32.7 Å². The lowest BCUT2D eigenvalue weighted by atomic mass is 9.94. The van der Waals surface area contributed by atoms with Crippen molar-refractivity contribution < 1.29 is 9.84 Å². The first kappa shape index (κ1) is 13.2. The summed E-state index contributed by atoms with van der Waals surface area (Å²) < 4.78 is 5.62. The van der Waals surface area contributed by atoms with Gasteiger partial charge in [0.15, 0.2) is 0 Å². The first-order valence-electron chi connectivity index (χ1n) is 6.59. The predicted octanol–water partition coefficient (Wildman–Crippen LogP) is 2.47. The minimum atomic E-state index is -0.0822. The number of hydrogen-bond donors (Lipinski definition) is 1. The summed E-state index contributed by atoms with van der Waals surface area (Å²) in [6.45, 7) is 6.02. The summed E-state index contributed by atoms with van der Waals surface area (Å²) in [6.07, 6.45) is 2.20. The van der Waals surface area contributed by atoms with E-state index in [9.17, 15) is 5.11 Å². The highest BCUT2D eigenvalue weighted by atomic mass is 16.5. The first-order chi connectivity index (χ1) is 8.52. The molecule has 100 valence electrons. The number of hydrogen-bond acceptors (Lipinski definition) is 3. The molecule has 1 aromatic rings. The van der Waals surface area contributed by atoms with Crippen LogP contribution in [0.25, 0.3) is 0 Å². The van der Waals surface area contributed by atoms with Crippen molar-refractivity contribution in [3.63, 3.8) is 0 Å². The highest BCUT2D eigenvalue weighted by Crippen LogP contribution is 2.29. The van der Waals surface area contributed by atoms with Gasteiger partial charge in [-0.3, -0.25) is 0 Å². The van der Waals surface area contributed by atoms with Gasteiger partial charge in [-0.15, -0.1) is 0 Å². The summed E-state index contributed by atoms with van der Waals surface area (Å²) in [6, 6.07) is 6.37. The Morgan fingerprint density at radius 3 is 2.89 bits per heavy atom. The number of aliphatic hydroxyl groups excluding tert-OH is 1. The second-order valence-electron chi connectivity index (χ2n) is 5.92. The molecule has 1 aromatic carbocycles. The van der Waals surface area contributed by atoms with Gasteiger partial charge in [-0.1, -0.05) is 13.8 Å². The van der Waals surface area contributed by atoms with Crippen LogP contribution in [0.15, 0.2) is 18.2 Å². The summed E-state index contributed by atoms with van der Waals surface area (Å²) in [5.41, 5.74) is 2.41. The lowest BCUT2D eigenvalue weighted by Crippen LogP contribution is -2.33. The second-order valence-corrected chi connectivity index (χ2v) is 5.92.